The predicted octanol–water partition coefficient (Wildman–Crippen LogP) is 2.74. The average molecular weight is 458 g/mol. The zero-order chi connectivity index (χ0) is 16.3. The van der Waals surface area contributed by atoms with E-state index in [0.29, 0.717) is 19.0 Å². The summed E-state index contributed by atoms with van der Waals surface area (Å²) in [5.74, 6) is 0.587. The highest BCUT2D eigenvalue weighted by molar-refractivity contribution is 14.0. The number of aliphatic imine (C=N–C) groups is 1. The van der Waals surface area contributed by atoms with Gasteiger partial charge in [-0.25, -0.2) is 4.99 Å². The summed E-state index contributed by atoms with van der Waals surface area (Å²) >= 11 is 1.65. The SMILES string of the molecule is CCNC(=NCc1ccsc1)NCC(=O)NCc1ccccc1.I. The minimum atomic E-state index is -0.0602. The summed E-state index contributed by atoms with van der Waals surface area (Å²) in [4.78, 5) is 16.4. The molecule has 130 valence electrons. The van der Waals surface area contributed by atoms with Crippen LogP contribution in [0.5, 0.6) is 0 Å². The van der Waals surface area contributed by atoms with Gasteiger partial charge in [-0.3, -0.25) is 4.79 Å². The predicted molar refractivity (Wildman–Crippen MR) is 111 cm³/mol. The molecule has 0 unspecified atom stereocenters. The lowest BCUT2D eigenvalue weighted by molar-refractivity contribution is -0.120. The Hall–Kier alpha value is -1.61. The number of nitrogens with one attached hydrogen (secondary N) is 3. The monoisotopic (exact) mass is 458 g/mol. The summed E-state index contributed by atoms with van der Waals surface area (Å²) < 4.78 is 0. The van der Waals surface area contributed by atoms with Gasteiger partial charge in [-0.15, -0.1) is 24.0 Å². The summed E-state index contributed by atoms with van der Waals surface area (Å²) in [7, 11) is 0. The van der Waals surface area contributed by atoms with Crippen molar-refractivity contribution >= 4 is 47.2 Å². The first-order valence-corrected chi connectivity index (χ1v) is 8.56. The molecule has 0 bridgehead atoms. The Morgan fingerprint density at radius 2 is 1.88 bits per heavy atom. The zero-order valence-electron chi connectivity index (χ0n) is 13.6. The van der Waals surface area contributed by atoms with Crippen LogP contribution in [0.15, 0.2) is 52.2 Å². The van der Waals surface area contributed by atoms with Crippen LogP contribution >= 0.6 is 35.3 Å². The second-order valence-corrected chi connectivity index (χ2v) is 5.72. The second-order valence-electron chi connectivity index (χ2n) is 4.94. The molecule has 7 heteroatoms. The van der Waals surface area contributed by atoms with E-state index in [2.05, 4.69) is 26.3 Å². The van der Waals surface area contributed by atoms with Crippen molar-refractivity contribution in [1.82, 2.24) is 16.0 Å². The summed E-state index contributed by atoms with van der Waals surface area (Å²) in [5.41, 5.74) is 2.25. The molecule has 1 aromatic heterocycles. The van der Waals surface area contributed by atoms with Gasteiger partial charge in [0, 0.05) is 13.1 Å². The second kappa shape index (κ2) is 11.9. The van der Waals surface area contributed by atoms with Crippen molar-refractivity contribution in [2.75, 3.05) is 13.1 Å². The van der Waals surface area contributed by atoms with Crippen molar-refractivity contribution in [3.63, 3.8) is 0 Å². The molecule has 3 N–H and O–H groups in total. The molecule has 0 spiro atoms. The smallest absolute Gasteiger partial charge is 0.239 e. The number of carbonyl (C=O) groups excluding carboxylic acids is 1. The van der Waals surface area contributed by atoms with Crippen LogP contribution in [-0.2, 0) is 17.9 Å². The molecule has 0 aliphatic heterocycles. The van der Waals surface area contributed by atoms with E-state index in [1.165, 1.54) is 5.56 Å². The van der Waals surface area contributed by atoms with Crippen LogP contribution in [0.4, 0.5) is 0 Å². The van der Waals surface area contributed by atoms with E-state index in [9.17, 15) is 4.79 Å². The Balaban J connectivity index is 0.00000288. The number of nitrogens with zero attached hydrogens (tertiary/aromatic N) is 1. The van der Waals surface area contributed by atoms with Gasteiger partial charge in [-0.05, 0) is 34.9 Å². The van der Waals surface area contributed by atoms with Crippen LogP contribution in [-0.4, -0.2) is 25.0 Å². The van der Waals surface area contributed by atoms with Crippen LogP contribution in [0.2, 0.25) is 0 Å². The average Bonchev–Trinajstić information content (AvgIpc) is 3.10. The molecule has 0 saturated heterocycles. The van der Waals surface area contributed by atoms with Crippen molar-refractivity contribution < 1.29 is 4.79 Å². The molecule has 0 aliphatic rings. The maximum Gasteiger partial charge on any atom is 0.239 e. The van der Waals surface area contributed by atoms with E-state index >= 15 is 0 Å². The molecule has 5 nitrogen and oxygen atoms in total. The summed E-state index contributed by atoms with van der Waals surface area (Å²) in [6, 6.07) is 11.9. The maximum atomic E-state index is 11.9. The topological polar surface area (TPSA) is 65.5 Å². The molecule has 1 aromatic carbocycles. The molecule has 2 aromatic rings. The lowest BCUT2D eigenvalue weighted by Crippen LogP contribution is -2.43. The van der Waals surface area contributed by atoms with E-state index in [1.807, 2.05) is 48.7 Å². The number of hydrogen-bond acceptors (Lipinski definition) is 3. The number of thiophene rings is 1. The summed E-state index contributed by atoms with van der Waals surface area (Å²) in [6.45, 7) is 4.08. The molecular weight excluding hydrogens is 435 g/mol. The first kappa shape index (κ1) is 20.4. The quantitative estimate of drug-likeness (QED) is 0.340. The van der Waals surface area contributed by atoms with E-state index in [0.717, 1.165) is 12.1 Å². The fourth-order valence-corrected chi connectivity index (χ4v) is 2.58. The molecule has 0 saturated carbocycles. The number of amides is 1. The molecule has 2 rings (SSSR count). The number of rotatable bonds is 7. The third-order valence-electron chi connectivity index (χ3n) is 3.09. The van der Waals surface area contributed by atoms with Gasteiger partial charge < -0.3 is 16.0 Å². The van der Waals surface area contributed by atoms with Crippen LogP contribution in [0.1, 0.15) is 18.1 Å². The number of benzene rings is 1. The van der Waals surface area contributed by atoms with Crippen molar-refractivity contribution in [2.45, 2.75) is 20.0 Å². The van der Waals surface area contributed by atoms with Crippen molar-refractivity contribution in [1.29, 1.82) is 0 Å². The summed E-state index contributed by atoms with van der Waals surface area (Å²) in [5, 5.41) is 13.2. The Morgan fingerprint density at radius 1 is 1.08 bits per heavy atom. The van der Waals surface area contributed by atoms with Gasteiger partial charge in [-0.2, -0.15) is 11.3 Å². The molecule has 0 radical (unpaired) electrons. The van der Waals surface area contributed by atoms with E-state index in [1.54, 1.807) is 11.3 Å². The zero-order valence-corrected chi connectivity index (χ0v) is 16.8. The fraction of sp³-hybridized carbons (Fsp3) is 0.294. The van der Waals surface area contributed by atoms with Gasteiger partial charge in [0.25, 0.3) is 0 Å². The van der Waals surface area contributed by atoms with Gasteiger partial charge in [0.05, 0.1) is 13.1 Å². The van der Waals surface area contributed by atoms with Crippen molar-refractivity contribution in [3.05, 3.63) is 58.3 Å². The van der Waals surface area contributed by atoms with E-state index in [-0.39, 0.29) is 36.4 Å². The Labute approximate surface area is 164 Å². The standard InChI is InChI=1S/C17H22N4OS.HI/c1-2-18-17(20-11-15-8-9-23-13-15)21-12-16(22)19-10-14-6-4-3-5-7-14;/h3-9,13H,2,10-12H2,1H3,(H,19,22)(H2,18,20,21);1H. The minimum absolute atomic E-state index is 0. The Kier molecular flexibility index (Phi) is 10.1. The maximum absolute atomic E-state index is 11.9. The van der Waals surface area contributed by atoms with Gasteiger partial charge in [0.2, 0.25) is 5.91 Å². The van der Waals surface area contributed by atoms with Crippen molar-refractivity contribution in [2.24, 2.45) is 4.99 Å². The summed E-state index contributed by atoms with van der Waals surface area (Å²) in [6.07, 6.45) is 0. The first-order valence-electron chi connectivity index (χ1n) is 7.62. The molecule has 0 atom stereocenters. The highest BCUT2D eigenvalue weighted by Crippen LogP contribution is 2.06. The molecule has 1 amide bonds. The first-order chi connectivity index (χ1) is 11.3. The van der Waals surface area contributed by atoms with Crippen LogP contribution in [0, 0.1) is 0 Å². The molecule has 0 fully saturated rings. The van der Waals surface area contributed by atoms with E-state index < -0.39 is 0 Å². The fourth-order valence-electron chi connectivity index (χ4n) is 1.92. The third-order valence-corrected chi connectivity index (χ3v) is 3.83. The molecular formula is C17H23IN4OS. The largest absolute Gasteiger partial charge is 0.357 e. The Bertz CT molecular complexity index is 617. The molecule has 24 heavy (non-hydrogen) atoms. The highest BCUT2D eigenvalue weighted by Gasteiger charge is 2.03. The van der Waals surface area contributed by atoms with Gasteiger partial charge >= 0.3 is 0 Å². The number of guanidine groups is 1. The molecule has 1 heterocycles. The lowest BCUT2D eigenvalue weighted by Gasteiger charge is -2.11. The number of halogens is 1. The number of carbonyl (C=O) groups is 1. The minimum Gasteiger partial charge on any atom is -0.357 e. The van der Waals surface area contributed by atoms with E-state index in [4.69, 9.17) is 0 Å². The highest BCUT2D eigenvalue weighted by atomic mass is 127. The van der Waals surface area contributed by atoms with Crippen molar-refractivity contribution in [3.8, 4) is 0 Å². The molecule has 0 aliphatic carbocycles. The van der Waals surface area contributed by atoms with Crippen LogP contribution < -0.4 is 16.0 Å². The lowest BCUT2D eigenvalue weighted by atomic mass is 10.2. The van der Waals surface area contributed by atoms with Gasteiger partial charge in [-0.1, -0.05) is 30.3 Å². The third kappa shape index (κ3) is 7.78. The normalized spacial score (nSPS) is 10.6. The van der Waals surface area contributed by atoms with Gasteiger partial charge in [0.1, 0.15) is 0 Å². The number of hydrogen-bond donors (Lipinski definition) is 3. The van der Waals surface area contributed by atoms with Crippen LogP contribution in [0.3, 0.4) is 0 Å². The Morgan fingerprint density at radius 3 is 2.54 bits per heavy atom. The van der Waals surface area contributed by atoms with Crippen LogP contribution in [0.25, 0.3) is 0 Å². The van der Waals surface area contributed by atoms with Gasteiger partial charge in [0.15, 0.2) is 5.96 Å².